The van der Waals surface area contributed by atoms with Gasteiger partial charge in [-0.05, 0) is 43.5 Å². The third kappa shape index (κ3) is 3.52. The van der Waals surface area contributed by atoms with Gasteiger partial charge in [0.05, 0.1) is 18.6 Å². The second-order valence-corrected chi connectivity index (χ2v) is 5.51. The Kier molecular flexibility index (Phi) is 4.68. The molecule has 0 radical (unpaired) electrons. The van der Waals surface area contributed by atoms with Gasteiger partial charge in [-0.1, -0.05) is 0 Å². The molecule has 0 aromatic carbocycles. The standard InChI is InChI=1S/C17H22N2O2/c1-2-21-17-5-9-19(12-15-6-10-20-13-15)16(17)11-14-3-7-18-8-4-14/h3-4,6-8,10,13,16-17H,2,5,9,11-12H2,1H3/t16-,17-/m1/s1. The zero-order valence-corrected chi connectivity index (χ0v) is 12.4. The zero-order valence-electron chi connectivity index (χ0n) is 12.4. The molecule has 0 bridgehead atoms. The first-order valence-electron chi connectivity index (χ1n) is 7.62. The minimum absolute atomic E-state index is 0.315. The highest BCUT2D eigenvalue weighted by molar-refractivity contribution is 5.14. The van der Waals surface area contributed by atoms with Crippen molar-refractivity contribution in [2.45, 2.75) is 38.5 Å². The summed E-state index contributed by atoms with van der Waals surface area (Å²) in [5.41, 5.74) is 2.55. The minimum atomic E-state index is 0.315. The fraction of sp³-hybridized carbons (Fsp3) is 0.471. The fourth-order valence-corrected chi connectivity index (χ4v) is 3.13. The fourth-order valence-electron chi connectivity index (χ4n) is 3.13. The summed E-state index contributed by atoms with van der Waals surface area (Å²) in [7, 11) is 0. The molecule has 0 N–H and O–H groups in total. The van der Waals surface area contributed by atoms with Crippen LogP contribution in [-0.4, -0.2) is 35.2 Å². The average Bonchev–Trinajstić information content (AvgIpc) is 3.14. The van der Waals surface area contributed by atoms with Crippen LogP contribution in [0, 0.1) is 0 Å². The van der Waals surface area contributed by atoms with Gasteiger partial charge in [0.25, 0.3) is 0 Å². The van der Waals surface area contributed by atoms with Crippen molar-refractivity contribution in [3.8, 4) is 0 Å². The summed E-state index contributed by atoms with van der Waals surface area (Å²) in [4.78, 5) is 6.60. The van der Waals surface area contributed by atoms with Crippen molar-refractivity contribution in [2.24, 2.45) is 0 Å². The first-order valence-corrected chi connectivity index (χ1v) is 7.62. The molecular formula is C17H22N2O2. The molecule has 4 nitrogen and oxygen atoms in total. The molecule has 2 aromatic heterocycles. The van der Waals surface area contributed by atoms with E-state index in [9.17, 15) is 0 Å². The predicted molar refractivity (Wildman–Crippen MR) is 80.9 cm³/mol. The van der Waals surface area contributed by atoms with Gasteiger partial charge in [0.2, 0.25) is 0 Å². The number of hydrogen-bond donors (Lipinski definition) is 0. The van der Waals surface area contributed by atoms with Crippen molar-refractivity contribution >= 4 is 0 Å². The second-order valence-electron chi connectivity index (χ2n) is 5.51. The van der Waals surface area contributed by atoms with E-state index in [0.717, 1.165) is 32.5 Å². The van der Waals surface area contributed by atoms with Gasteiger partial charge in [0.15, 0.2) is 0 Å². The van der Waals surface area contributed by atoms with Crippen LogP contribution in [0.4, 0.5) is 0 Å². The molecule has 3 heterocycles. The van der Waals surface area contributed by atoms with E-state index in [-0.39, 0.29) is 0 Å². The number of rotatable bonds is 6. The maximum absolute atomic E-state index is 5.96. The minimum Gasteiger partial charge on any atom is -0.472 e. The van der Waals surface area contributed by atoms with Crippen LogP contribution in [0.25, 0.3) is 0 Å². The molecule has 1 aliphatic heterocycles. The highest BCUT2D eigenvalue weighted by atomic mass is 16.5. The molecule has 2 aromatic rings. The van der Waals surface area contributed by atoms with Crippen molar-refractivity contribution < 1.29 is 9.15 Å². The highest BCUT2D eigenvalue weighted by Crippen LogP contribution is 2.26. The van der Waals surface area contributed by atoms with Gasteiger partial charge in [-0.3, -0.25) is 9.88 Å². The Labute approximate surface area is 125 Å². The summed E-state index contributed by atoms with van der Waals surface area (Å²) in [6.45, 7) is 4.85. The van der Waals surface area contributed by atoms with E-state index < -0.39 is 0 Å². The quantitative estimate of drug-likeness (QED) is 0.818. The number of furan rings is 1. The topological polar surface area (TPSA) is 38.5 Å². The number of likely N-dealkylation sites (tertiary alicyclic amines) is 1. The second kappa shape index (κ2) is 6.87. The molecule has 1 saturated heterocycles. The zero-order chi connectivity index (χ0) is 14.5. The third-order valence-electron chi connectivity index (χ3n) is 4.14. The monoisotopic (exact) mass is 286 g/mol. The van der Waals surface area contributed by atoms with Gasteiger partial charge in [-0.15, -0.1) is 0 Å². The van der Waals surface area contributed by atoms with Gasteiger partial charge >= 0.3 is 0 Å². The van der Waals surface area contributed by atoms with Crippen LogP contribution in [0.2, 0.25) is 0 Å². The SMILES string of the molecule is CCO[C@@H]1CCN(Cc2ccoc2)[C@@H]1Cc1ccncc1. The van der Waals surface area contributed by atoms with Crippen LogP contribution >= 0.6 is 0 Å². The number of aromatic nitrogens is 1. The van der Waals surface area contributed by atoms with E-state index in [2.05, 4.69) is 28.9 Å². The van der Waals surface area contributed by atoms with Gasteiger partial charge < -0.3 is 9.15 Å². The lowest BCUT2D eigenvalue weighted by Gasteiger charge is -2.27. The maximum Gasteiger partial charge on any atom is 0.0947 e. The molecule has 0 saturated carbocycles. The molecule has 4 heteroatoms. The summed E-state index contributed by atoms with van der Waals surface area (Å²) in [6.07, 6.45) is 9.71. The van der Waals surface area contributed by atoms with Crippen LogP contribution in [0.5, 0.6) is 0 Å². The number of nitrogens with zero attached hydrogens (tertiary/aromatic N) is 2. The molecule has 0 amide bonds. The summed E-state index contributed by atoms with van der Waals surface area (Å²) >= 11 is 0. The number of hydrogen-bond acceptors (Lipinski definition) is 4. The highest BCUT2D eigenvalue weighted by Gasteiger charge is 2.34. The third-order valence-corrected chi connectivity index (χ3v) is 4.14. The maximum atomic E-state index is 5.96. The molecule has 3 rings (SSSR count). The van der Waals surface area contributed by atoms with Crippen molar-refractivity contribution in [3.05, 3.63) is 54.2 Å². The number of ether oxygens (including phenoxy) is 1. The molecule has 0 aliphatic carbocycles. The predicted octanol–water partition coefficient (Wildman–Crippen LogP) is 2.90. The summed E-state index contributed by atoms with van der Waals surface area (Å²) < 4.78 is 11.1. The molecule has 21 heavy (non-hydrogen) atoms. The van der Waals surface area contributed by atoms with Crippen molar-refractivity contribution in [3.63, 3.8) is 0 Å². The molecule has 112 valence electrons. The van der Waals surface area contributed by atoms with Crippen molar-refractivity contribution in [1.29, 1.82) is 0 Å². The summed E-state index contributed by atoms with van der Waals surface area (Å²) in [5.74, 6) is 0. The van der Waals surface area contributed by atoms with Crippen LogP contribution < -0.4 is 0 Å². The van der Waals surface area contributed by atoms with Crippen LogP contribution in [-0.2, 0) is 17.7 Å². The Morgan fingerprint density at radius 2 is 2.14 bits per heavy atom. The van der Waals surface area contributed by atoms with Crippen LogP contribution in [0.1, 0.15) is 24.5 Å². The Balaban J connectivity index is 1.72. The largest absolute Gasteiger partial charge is 0.472 e. The van der Waals surface area contributed by atoms with Crippen molar-refractivity contribution in [2.75, 3.05) is 13.2 Å². The Morgan fingerprint density at radius 1 is 1.29 bits per heavy atom. The Hall–Kier alpha value is -1.65. The Morgan fingerprint density at radius 3 is 2.86 bits per heavy atom. The van der Waals surface area contributed by atoms with Crippen LogP contribution in [0.15, 0.2) is 47.5 Å². The summed E-state index contributed by atoms with van der Waals surface area (Å²) in [5, 5.41) is 0. The molecule has 1 aliphatic rings. The molecular weight excluding hydrogens is 264 g/mol. The average molecular weight is 286 g/mol. The van der Waals surface area contributed by atoms with Gasteiger partial charge in [-0.25, -0.2) is 0 Å². The smallest absolute Gasteiger partial charge is 0.0947 e. The van der Waals surface area contributed by atoms with Gasteiger partial charge in [0, 0.05) is 43.7 Å². The normalized spacial score (nSPS) is 22.7. The lowest BCUT2D eigenvalue weighted by molar-refractivity contribution is 0.0331. The van der Waals surface area contributed by atoms with Gasteiger partial charge in [0.1, 0.15) is 0 Å². The van der Waals surface area contributed by atoms with E-state index in [4.69, 9.17) is 9.15 Å². The van der Waals surface area contributed by atoms with E-state index in [0.29, 0.717) is 12.1 Å². The van der Waals surface area contributed by atoms with E-state index >= 15 is 0 Å². The van der Waals surface area contributed by atoms with E-state index in [1.165, 1.54) is 11.1 Å². The van der Waals surface area contributed by atoms with Gasteiger partial charge in [-0.2, -0.15) is 0 Å². The molecule has 2 atom stereocenters. The molecule has 0 unspecified atom stereocenters. The first-order chi connectivity index (χ1) is 10.4. The van der Waals surface area contributed by atoms with E-state index in [1.807, 2.05) is 24.7 Å². The van der Waals surface area contributed by atoms with Crippen molar-refractivity contribution in [1.82, 2.24) is 9.88 Å². The van der Waals surface area contributed by atoms with Crippen LogP contribution in [0.3, 0.4) is 0 Å². The molecule has 1 fully saturated rings. The Bertz CT molecular complexity index is 527. The first kappa shape index (κ1) is 14.3. The lowest BCUT2D eigenvalue weighted by atomic mass is 10.0. The number of pyridine rings is 1. The summed E-state index contributed by atoms with van der Waals surface area (Å²) in [6, 6.07) is 6.65. The lowest BCUT2D eigenvalue weighted by Crippen LogP contribution is -2.37. The molecule has 0 spiro atoms. The van der Waals surface area contributed by atoms with E-state index in [1.54, 1.807) is 6.26 Å².